The second-order valence-electron chi connectivity index (χ2n) is 5.48. The van der Waals surface area contributed by atoms with E-state index < -0.39 is 15.7 Å². The third kappa shape index (κ3) is 3.19. The van der Waals surface area contributed by atoms with E-state index in [1.807, 2.05) is 31.2 Å². The summed E-state index contributed by atoms with van der Waals surface area (Å²) in [6.45, 7) is 1.89. The van der Waals surface area contributed by atoms with Gasteiger partial charge in [-0.3, -0.25) is 9.97 Å². The zero-order valence-electron chi connectivity index (χ0n) is 13.2. The van der Waals surface area contributed by atoms with Gasteiger partial charge in [0.15, 0.2) is 9.84 Å². The maximum Gasteiger partial charge on any atom is 0.178 e. The summed E-state index contributed by atoms with van der Waals surface area (Å²) in [6.07, 6.45) is 2.59. The molecule has 122 valence electrons. The van der Waals surface area contributed by atoms with E-state index in [2.05, 4.69) is 9.97 Å². The van der Waals surface area contributed by atoms with Crippen LogP contribution in [0.2, 0.25) is 0 Å². The summed E-state index contributed by atoms with van der Waals surface area (Å²) >= 11 is 0. The SMILES string of the molecule is Cc1cccc(-c2cccnc2-c2ccc(S(C)(=O)=O)c(F)c2)n1. The normalized spacial score (nSPS) is 11.5. The lowest BCUT2D eigenvalue weighted by Gasteiger charge is -2.10. The first-order valence-corrected chi connectivity index (χ1v) is 9.14. The lowest BCUT2D eigenvalue weighted by Crippen LogP contribution is -2.01. The van der Waals surface area contributed by atoms with Gasteiger partial charge in [0.05, 0.1) is 11.4 Å². The molecule has 0 spiro atoms. The Bertz CT molecular complexity index is 1020. The van der Waals surface area contributed by atoms with E-state index in [1.165, 1.54) is 12.1 Å². The molecule has 4 nitrogen and oxygen atoms in total. The van der Waals surface area contributed by atoms with Crippen molar-refractivity contribution in [2.24, 2.45) is 0 Å². The van der Waals surface area contributed by atoms with Crippen molar-refractivity contribution in [2.45, 2.75) is 11.8 Å². The predicted molar refractivity (Wildman–Crippen MR) is 90.7 cm³/mol. The summed E-state index contributed by atoms with van der Waals surface area (Å²) in [4.78, 5) is 8.49. The third-order valence-electron chi connectivity index (χ3n) is 3.58. The largest absolute Gasteiger partial charge is 0.256 e. The number of benzene rings is 1. The molecule has 2 heterocycles. The number of rotatable bonds is 3. The fraction of sp³-hybridized carbons (Fsp3) is 0.111. The van der Waals surface area contributed by atoms with Crippen LogP contribution in [-0.2, 0) is 9.84 Å². The molecule has 0 radical (unpaired) electrons. The van der Waals surface area contributed by atoms with E-state index in [0.717, 1.165) is 23.2 Å². The van der Waals surface area contributed by atoms with Gasteiger partial charge in [0.25, 0.3) is 0 Å². The molecule has 0 saturated carbocycles. The van der Waals surface area contributed by atoms with Crippen LogP contribution in [0.25, 0.3) is 22.5 Å². The van der Waals surface area contributed by atoms with E-state index in [0.29, 0.717) is 11.3 Å². The minimum atomic E-state index is -3.61. The number of aryl methyl sites for hydroxylation is 1. The molecule has 3 aromatic rings. The summed E-state index contributed by atoms with van der Waals surface area (Å²) < 4.78 is 37.3. The molecular formula is C18H15FN2O2S. The lowest BCUT2D eigenvalue weighted by molar-refractivity contribution is 0.571. The van der Waals surface area contributed by atoms with E-state index in [4.69, 9.17) is 0 Å². The number of hydrogen-bond acceptors (Lipinski definition) is 4. The van der Waals surface area contributed by atoms with Crippen molar-refractivity contribution in [1.82, 2.24) is 9.97 Å². The molecule has 0 saturated heterocycles. The zero-order chi connectivity index (χ0) is 17.3. The van der Waals surface area contributed by atoms with Gasteiger partial charge in [-0.1, -0.05) is 12.1 Å². The number of nitrogens with zero attached hydrogens (tertiary/aromatic N) is 2. The minimum Gasteiger partial charge on any atom is -0.256 e. The molecule has 6 heteroatoms. The quantitative estimate of drug-likeness (QED) is 0.729. The maximum absolute atomic E-state index is 14.2. The summed E-state index contributed by atoms with van der Waals surface area (Å²) in [5, 5.41) is 0. The molecule has 3 rings (SSSR count). The number of hydrogen-bond donors (Lipinski definition) is 0. The van der Waals surface area contributed by atoms with Gasteiger partial charge in [-0.05, 0) is 43.3 Å². The van der Waals surface area contributed by atoms with Crippen molar-refractivity contribution >= 4 is 9.84 Å². The van der Waals surface area contributed by atoms with Gasteiger partial charge in [0.2, 0.25) is 0 Å². The Balaban J connectivity index is 2.16. The van der Waals surface area contributed by atoms with Crippen molar-refractivity contribution in [3.8, 4) is 22.5 Å². The van der Waals surface area contributed by atoms with Gasteiger partial charge < -0.3 is 0 Å². The van der Waals surface area contributed by atoms with Gasteiger partial charge in [-0.25, -0.2) is 12.8 Å². The number of halogens is 1. The average Bonchev–Trinajstić information content (AvgIpc) is 2.53. The molecule has 1 aromatic carbocycles. The van der Waals surface area contributed by atoms with Crippen LogP contribution in [0.15, 0.2) is 59.6 Å². The molecule has 0 amide bonds. The highest BCUT2D eigenvalue weighted by atomic mass is 32.2. The van der Waals surface area contributed by atoms with Crippen molar-refractivity contribution in [3.63, 3.8) is 0 Å². The Kier molecular flexibility index (Phi) is 4.15. The molecule has 0 atom stereocenters. The molecule has 0 bridgehead atoms. The number of sulfone groups is 1. The molecular weight excluding hydrogens is 327 g/mol. The van der Waals surface area contributed by atoms with Crippen LogP contribution in [0.1, 0.15) is 5.69 Å². The van der Waals surface area contributed by atoms with Crippen molar-refractivity contribution in [3.05, 3.63) is 66.2 Å². The molecule has 0 aliphatic heterocycles. The van der Waals surface area contributed by atoms with Gasteiger partial charge in [0, 0.05) is 29.3 Å². The molecule has 0 aliphatic carbocycles. The molecule has 0 aliphatic rings. The summed E-state index contributed by atoms with van der Waals surface area (Å²) in [6, 6.07) is 13.3. The highest BCUT2D eigenvalue weighted by Crippen LogP contribution is 2.30. The first-order valence-electron chi connectivity index (χ1n) is 7.25. The Morgan fingerprint density at radius 2 is 1.83 bits per heavy atom. The van der Waals surface area contributed by atoms with Crippen molar-refractivity contribution < 1.29 is 12.8 Å². The van der Waals surface area contributed by atoms with E-state index >= 15 is 0 Å². The fourth-order valence-electron chi connectivity index (χ4n) is 2.48. The summed E-state index contributed by atoms with van der Waals surface area (Å²) in [5.41, 5.74) is 3.40. The number of pyridine rings is 2. The second kappa shape index (κ2) is 6.13. The van der Waals surface area contributed by atoms with Crippen LogP contribution >= 0.6 is 0 Å². The summed E-state index contributed by atoms with van der Waals surface area (Å²) in [5.74, 6) is -0.788. The summed E-state index contributed by atoms with van der Waals surface area (Å²) in [7, 11) is -3.61. The van der Waals surface area contributed by atoms with Crippen molar-refractivity contribution in [2.75, 3.05) is 6.26 Å². The third-order valence-corrected chi connectivity index (χ3v) is 4.71. The minimum absolute atomic E-state index is 0.322. The Hall–Kier alpha value is -2.60. The van der Waals surface area contributed by atoms with Crippen LogP contribution in [0.3, 0.4) is 0 Å². The van der Waals surface area contributed by atoms with Crippen LogP contribution in [-0.4, -0.2) is 24.6 Å². The van der Waals surface area contributed by atoms with Crippen LogP contribution in [0, 0.1) is 12.7 Å². The van der Waals surface area contributed by atoms with Crippen LogP contribution in [0.5, 0.6) is 0 Å². The molecule has 0 fully saturated rings. The Labute approximate surface area is 140 Å². The molecule has 2 aromatic heterocycles. The lowest BCUT2D eigenvalue weighted by atomic mass is 10.0. The monoisotopic (exact) mass is 342 g/mol. The molecule has 0 unspecified atom stereocenters. The average molecular weight is 342 g/mol. The van der Waals surface area contributed by atoms with Crippen LogP contribution < -0.4 is 0 Å². The standard InChI is InChI=1S/C18H15FN2O2S/c1-12-5-3-7-16(21-12)14-6-4-10-20-18(14)13-8-9-17(15(19)11-13)24(2,22)23/h3-11H,1-2H3. The molecule has 0 N–H and O–H groups in total. The van der Waals surface area contributed by atoms with Gasteiger partial charge >= 0.3 is 0 Å². The first-order chi connectivity index (χ1) is 11.4. The van der Waals surface area contributed by atoms with E-state index in [-0.39, 0.29) is 4.90 Å². The van der Waals surface area contributed by atoms with Gasteiger partial charge in [-0.15, -0.1) is 0 Å². The van der Waals surface area contributed by atoms with E-state index in [1.54, 1.807) is 18.3 Å². The molecule has 24 heavy (non-hydrogen) atoms. The number of aromatic nitrogens is 2. The van der Waals surface area contributed by atoms with E-state index in [9.17, 15) is 12.8 Å². The topological polar surface area (TPSA) is 59.9 Å². The highest BCUT2D eigenvalue weighted by Gasteiger charge is 2.16. The van der Waals surface area contributed by atoms with Crippen LogP contribution in [0.4, 0.5) is 4.39 Å². The Morgan fingerprint density at radius 3 is 2.50 bits per heavy atom. The smallest absolute Gasteiger partial charge is 0.178 e. The Morgan fingerprint density at radius 1 is 1.04 bits per heavy atom. The fourth-order valence-corrected chi connectivity index (χ4v) is 3.21. The maximum atomic E-state index is 14.2. The zero-order valence-corrected chi connectivity index (χ0v) is 14.0. The highest BCUT2D eigenvalue weighted by molar-refractivity contribution is 7.90. The van der Waals surface area contributed by atoms with Gasteiger partial charge in [-0.2, -0.15) is 0 Å². The second-order valence-corrected chi connectivity index (χ2v) is 7.47. The first kappa shape index (κ1) is 16.3. The predicted octanol–water partition coefficient (Wildman–Crippen LogP) is 3.66. The van der Waals surface area contributed by atoms with Crippen molar-refractivity contribution in [1.29, 1.82) is 0 Å². The van der Waals surface area contributed by atoms with Gasteiger partial charge in [0.1, 0.15) is 10.7 Å².